The average Bonchev–Trinajstić information content (AvgIpc) is 3.26. The highest BCUT2D eigenvalue weighted by Crippen LogP contribution is 2.76. The monoisotopic (exact) mass is 543 g/mol. The van der Waals surface area contributed by atoms with Crippen molar-refractivity contribution in [1.82, 2.24) is 0 Å². The maximum Gasteiger partial charge on any atom is 0.337 e. The summed E-state index contributed by atoms with van der Waals surface area (Å²) >= 11 is 0. The van der Waals surface area contributed by atoms with Gasteiger partial charge in [0.1, 0.15) is 0 Å². The standard InChI is InChI=1S/C37H53NO2/c1-23(2)26-15-20-37(38)22-21-35(6)28(31(26)37)13-14-30-34(5)18-16-27(24-9-11-25(12-10-24)32(39)40-8)33(3,4)29(34)17-19-36(30,35)7/h9-12,16,26,28-31H,1,13-15,17-22,38H2,2-8H3/t26?,28-,29+,30-,31-,34+,35-,36-,37?/m1/s1. The lowest BCUT2D eigenvalue weighted by atomic mass is 9.33. The van der Waals surface area contributed by atoms with Gasteiger partial charge in [0, 0.05) is 5.54 Å². The first-order chi connectivity index (χ1) is 18.7. The van der Waals surface area contributed by atoms with Crippen LogP contribution in [-0.2, 0) is 4.74 Å². The predicted octanol–water partition coefficient (Wildman–Crippen LogP) is 8.84. The molecule has 9 atom stereocenters. The Hall–Kier alpha value is -1.87. The molecule has 6 rings (SSSR count). The lowest BCUT2D eigenvalue weighted by molar-refractivity contribution is -0.217. The van der Waals surface area contributed by atoms with Crippen LogP contribution in [0.1, 0.15) is 115 Å². The summed E-state index contributed by atoms with van der Waals surface area (Å²) in [7, 11) is 1.45. The van der Waals surface area contributed by atoms with Gasteiger partial charge in [0.25, 0.3) is 0 Å². The summed E-state index contributed by atoms with van der Waals surface area (Å²) in [5.74, 6) is 3.03. The minimum absolute atomic E-state index is 0.0198. The highest BCUT2D eigenvalue weighted by molar-refractivity contribution is 5.89. The Morgan fingerprint density at radius 2 is 1.60 bits per heavy atom. The van der Waals surface area contributed by atoms with Gasteiger partial charge in [-0.25, -0.2) is 4.79 Å². The number of carbonyl (C=O) groups excluding carboxylic acids is 1. The smallest absolute Gasteiger partial charge is 0.337 e. The van der Waals surface area contributed by atoms with Crippen LogP contribution in [0.3, 0.4) is 0 Å². The normalized spacial score (nSPS) is 45.3. The van der Waals surface area contributed by atoms with E-state index in [-0.39, 0.29) is 16.9 Å². The van der Waals surface area contributed by atoms with E-state index >= 15 is 0 Å². The van der Waals surface area contributed by atoms with Crippen LogP contribution in [0.5, 0.6) is 0 Å². The Labute approximate surface area is 243 Å². The van der Waals surface area contributed by atoms with Gasteiger partial charge in [-0.2, -0.15) is 0 Å². The van der Waals surface area contributed by atoms with Crippen LogP contribution in [0.15, 0.2) is 42.5 Å². The summed E-state index contributed by atoms with van der Waals surface area (Å²) in [5, 5.41) is 0. The zero-order chi connectivity index (χ0) is 28.9. The Kier molecular flexibility index (Phi) is 6.40. The van der Waals surface area contributed by atoms with Crippen molar-refractivity contribution in [2.45, 2.75) is 105 Å². The number of nitrogens with two attached hydrogens (primary N) is 1. The summed E-state index contributed by atoms with van der Waals surface area (Å²) in [6.07, 6.45) is 13.9. The summed E-state index contributed by atoms with van der Waals surface area (Å²) in [6.45, 7) is 19.8. The maximum atomic E-state index is 12.0. The maximum absolute atomic E-state index is 12.0. The molecule has 0 radical (unpaired) electrons. The van der Waals surface area contributed by atoms with Crippen LogP contribution in [0.25, 0.3) is 5.57 Å². The molecule has 0 saturated heterocycles. The molecule has 2 unspecified atom stereocenters. The molecule has 218 valence electrons. The highest BCUT2D eigenvalue weighted by Gasteiger charge is 2.70. The highest BCUT2D eigenvalue weighted by atomic mass is 16.5. The van der Waals surface area contributed by atoms with Gasteiger partial charge in [-0.1, -0.05) is 65.0 Å². The van der Waals surface area contributed by atoms with Gasteiger partial charge < -0.3 is 10.5 Å². The number of esters is 1. The van der Waals surface area contributed by atoms with E-state index in [0.717, 1.165) is 12.3 Å². The molecule has 3 nitrogen and oxygen atoms in total. The van der Waals surface area contributed by atoms with Gasteiger partial charge in [-0.15, -0.1) is 0 Å². The number of fused-ring (bicyclic) bond motifs is 7. The van der Waals surface area contributed by atoms with E-state index in [9.17, 15) is 4.79 Å². The van der Waals surface area contributed by atoms with Crippen molar-refractivity contribution < 1.29 is 9.53 Å². The summed E-state index contributed by atoms with van der Waals surface area (Å²) < 4.78 is 4.93. The molecule has 0 aliphatic heterocycles. The van der Waals surface area contributed by atoms with Crippen LogP contribution in [-0.4, -0.2) is 18.6 Å². The first-order valence-corrected chi connectivity index (χ1v) is 16.1. The third kappa shape index (κ3) is 3.61. The largest absolute Gasteiger partial charge is 0.465 e. The van der Waals surface area contributed by atoms with E-state index in [1.54, 1.807) is 0 Å². The summed E-state index contributed by atoms with van der Waals surface area (Å²) in [4.78, 5) is 12.0. The van der Waals surface area contributed by atoms with Crippen LogP contribution in [0, 0.1) is 51.2 Å². The second-order valence-corrected chi connectivity index (χ2v) is 16.0. The second kappa shape index (κ2) is 9.06. The van der Waals surface area contributed by atoms with Crippen LogP contribution < -0.4 is 5.73 Å². The van der Waals surface area contributed by atoms with Crippen molar-refractivity contribution in [2.24, 2.45) is 57.0 Å². The quantitative estimate of drug-likeness (QED) is 0.306. The summed E-state index contributed by atoms with van der Waals surface area (Å²) in [5.41, 5.74) is 13.0. The van der Waals surface area contributed by atoms with Crippen molar-refractivity contribution in [2.75, 3.05) is 7.11 Å². The molecule has 40 heavy (non-hydrogen) atoms. The van der Waals surface area contributed by atoms with Gasteiger partial charge in [0.05, 0.1) is 12.7 Å². The average molecular weight is 544 g/mol. The van der Waals surface area contributed by atoms with E-state index in [2.05, 4.69) is 66.3 Å². The Morgan fingerprint density at radius 3 is 2.25 bits per heavy atom. The summed E-state index contributed by atoms with van der Waals surface area (Å²) in [6, 6.07) is 8.10. The molecule has 0 aromatic heterocycles. The number of benzene rings is 1. The fraction of sp³-hybridized carbons (Fsp3) is 0.703. The molecule has 0 amide bonds. The zero-order valence-electron chi connectivity index (χ0n) is 26.2. The van der Waals surface area contributed by atoms with E-state index in [1.807, 2.05) is 12.1 Å². The molecule has 0 bridgehead atoms. The van der Waals surface area contributed by atoms with E-state index < -0.39 is 0 Å². The SMILES string of the molecule is C=C(C)C1CCC2(N)CC[C@]3(C)[C@H](CC[C@@H]4[C@@]5(C)CC=C(c6ccc(C(=O)OC)cc6)C(C)(C)[C@@H]5CC[C@]43C)[C@@H]12. The molecule has 5 aliphatic carbocycles. The lowest BCUT2D eigenvalue weighted by Crippen LogP contribution is -2.67. The number of rotatable bonds is 3. The second-order valence-electron chi connectivity index (χ2n) is 16.0. The van der Waals surface area contributed by atoms with Crippen molar-refractivity contribution >= 4 is 11.5 Å². The number of ether oxygens (including phenoxy) is 1. The van der Waals surface area contributed by atoms with Crippen molar-refractivity contribution in [3.63, 3.8) is 0 Å². The van der Waals surface area contributed by atoms with Gasteiger partial charge in [0.15, 0.2) is 0 Å². The molecular weight excluding hydrogens is 490 g/mol. The number of hydrogen-bond donors (Lipinski definition) is 1. The minimum Gasteiger partial charge on any atom is -0.465 e. The molecular formula is C37H53NO2. The molecule has 1 aromatic rings. The van der Waals surface area contributed by atoms with E-state index in [0.29, 0.717) is 45.5 Å². The number of hydrogen-bond acceptors (Lipinski definition) is 3. The van der Waals surface area contributed by atoms with Crippen LogP contribution in [0.2, 0.25) is 0 Å². The van der Waals surface area contributed by atoms with Gasteiger partial charge in [-0.3, -0.25) is 0 Å². The molecule has 4 fully saturated rings. The number of methoxy groups -OCH3 is 1. The molecule has 0 spiro atoms. The minimum atomic E-state index is -0.270. The van der Waals surface area contributed by atoms with Gasteiger partial charge in [-0.05, 0) is 139 Å². The molecule has 2 N–H and O–H groups in total. The predicted molar refractivity (Wildman–Crippen MR) is 165 cm³/mol. The molecule has 1 aromatic carbocycles. The first-order valence-electron chi connectivity index (χ1n) is 16.1. The molecule has 4 saturated carbocycles. The fourth-order valence-corrected chi connectivity index (χ4v) is 12.2. The van der Waals surface area contributed by atoms with E-state index in [1.165, 1.54) is 75.2 Å². The lowest BCUT2D eigenvalue weighted by Gasteiger charge is -2.72. The van der Waals surface area contributed by atoms with Crippen LogP contribution in [0.4, 0.5) is 0 Å². The molecule has 0 heterocycles. The Bertz CT molecular complexity index is 1240. The fourth-order valence-electron chi connectivity index (χ4n) is 12.2. The van der Waals surface area contributed by atoms with Gasteiger partial charge >= 0.3 is 5.97 Å². The number of carbonyl (C=O) groups is 1. The van der Waals surface area contributed by atoms with Crippen molar-refractivity contribution in [1.29, 1.82) is 0 Å². The first kappa shape index (κ1) is 28.3. The van der Waals surface area contributed by atoms with Crippen molar-refractivity contribution in [3.05, 3.63) is 53.6 Å². The topological polar surface area (TPSA) is 52.3 Å². The number of allylic oxidation sites excluding steroid dienone is 3. The molecule has 5 aliphatic rings. The van der Waals surface area contributed by atoms with E-state index in [4.69, 9.17) is 10.5 Å². The van der Waals surface area contributed by atoms with Crippen LogP contribution >= 0.6 is 0 Å². The third-order valence-corrected chi connectivity index (χ3v) is 14.3. The van der Waals surface area contributed by atoms with Gasteiger partial charge in [0.2, 0.25) is 0 Å². The van der Waals surface area contributed by atoms with Crippen molar-refractivity contribution in [3.8, 4) is 0 Å². The Balaban J connectivity index is 1.34. The Morgan fingerprint density at radius 1 is 0.900 bits per heavy atom. The third-order valence-electron chi connectivity index (χ3n) is 14.3. The molecule has 3 heteroatoms. The zero-order valence-corrected chi connectivity index (χ0v) is 26.2.